The van der Waals surface area contributed by atoms with E-state index in [4.69, 9.17) is 0 Å². The molecule has 2 fully saturated rings. The predicted octanol–water partition coefficient (Wildman–Crippen LogP) is 0.771. The molecule has 0 spiro atoms. The Labute approximate surface area is 96.4 Å². The molecule has 0 bridgehead atoms. The van der Waals surface area contributed by atoms with Gasteiger partial charge in [0.2, 0.25) is 11.8 Å². The molecule has 2 atom stereocenters. The molecule has 1 aliphatic carbocycles. The van der Waals surface area contributed by atoms with E-state index in [2.05, 4.69) is 12.2 Å². The summed E-state index contributed by atoms with van der Waals surface area (Å²) in [6.07, 6.45) is 3.74. The molecule has 2 amide bonds. The minimum atomic E-state index is 0.0200. The van der Waals surface area contributed by atoms with E-state index < -0.39 is 0 Å². The lowest BCUT2D eigenvalue weighted by molar-refractivity contribution is -0.140. The van der Waals surface area contributed by atoms with Gasteiger partial charge in [-0.15, -0.1) is 0 Å². The second-order valence-corrected chi connectivity index (χ2v) is 4.68. The number of fused-ring (bicyclic) bond motifs is 1. The highest BCUT2D eigenvalue weighted by Crippen LogP contribution is 2.39. The van der Waals surface area contributed by atoms with E-state index in [-0.39, 0.29) is 23.7 Å². The van der Waals surface area contributed by atoms with Crippen molar-refractivity contribution in [2.45, 2.75) is 32.6 Å². The fraction of sp³-hybridized carbons (Fsp3) is 0.833. The van der Waals surface area contributed by atoms with Crippen LogP contribution in [-0.2, 0) is 9.59 Å². The fourth-order valence-corrected chi connectivity index (χ4v) is 2.82. The normalized spacial score (nSPS) is 28.9. The summed E-state index contributed by atoms with van der Waals surface area (Å²) in [5, 5.41) is 3.20. The molecule has 1 saturated heterocycles. The maximum Gasteiger partial charge on any atom is 0.233 e. The van der Waals surface area contributed by atoms with Gasteiger partial charge in [0.05, 0.1) is 11.8 Å². The summed E-state index contributed by atoms with van der Waals surface area (Å²) in [6, 6.07) is 0. The summed E-state index contributed by atoms with van der Waals surface area (Å²) < 4.78 is 0. The Bertz CT molecular complexity index is 269. The number of rotatable bonds is 5. The summed E-state index contributed by atoms with van der Waals surface area (Å²) in [6.45, 7) is 4.46. The van der Waals surface area contributed by atoms with E-state index in [9.17, 15) is 9.59 Å². The average molecular weight is 224 g/mol. The zero-order chi connectivity index (χ0) is 11.5. The van der Waals surface area contributed by atoms with Crippen molar-refractivity contribution in [2.24, 2.45) is 11.8 Å². The van der Waals surface area contributed by atoms with Crippen LogP contribution in [0.2, 0.25) is 0 Å². The molecule has 0 aromatic rings. The first-order valence-corrected chi connectivity index (χ1v) is 6.31. The van der Waals surface area contributed by atoms with Crippen LogP contribution in [0, 0.1) is 11.8 Å². The third kappa shape index (κ3) is 1.98. The van der Waals surface area contributed by atoms with Gasteiger partial charge in [-0.25, -0.2) is 0 Å². The van der Waals surface area contributed by atoms with Crippen LogP contribution in [0.1, 0.15) is 32.6 Å². The van der Waals surface area contributed by atoms with Gasteiger partial charge in [0.1, 0.15) is 0 Å². The maximum atomic E-state index is 11.9. The van der Waals surface area contributed by atoms with Crippen molar-refractivity contribution in [1.82, 2.24) is 10.2 Å². The van der Waals surface area contributed by atoms with Gasteiger partial charge in [-0.2, -0.15) is 0 Å². The van der Waals surface area contributed by atoms with Gasteiger partial charge in [0.25, 0.3) is 0 Å². The lowest BCUT2D eigenvalue weighted by Crippen LogP contribution is -2.34. The van der Waals surface area contributed by atoms with Gasteiger partial charge in [-0.1, -0.05) is 13.3 Å². The zero-order valence-corrected chi connectivity index (χ0v) is 9.87. The second kappa shape index (κ2) is 4.95. The summed E-state index contributed by atoms with van der Waals surface area (Å²) in [5.74, 6) is 0.214. The van der Waals surface area contributed by atoms with Crippen LogP contribution in [0.15, 0.2) is 0 Å². The molecular formula is C12H20N2O2. The molecule has 0 radical (unpaired) electrons. The van der Waals surface area contributed by atoms with Gasteiger partial charge in [-0.3, -0.25) is 14.5 Å². The summed E-state index contributed by atoms with van der Waals surface area (Å²) in [4.78, 5) is 25.4. The highest BCUT2D eigenvalue weighted by Gasteiger charge is 2.49. The first-order chi connectivity index (χ1) is 7.75. The minimum Gasteiger partial charge on any atom is -0.317 e. The molecule has 0 aromatic carbocycles. The predicted molar refractivity (Wildman–Crippen MR) is 60.7 cm³/mol. The van der Waals surface area contributed by atoms with Crippen molar-refractivity contribution in [3.8, 4) is 0 Å². The van der Waals surface area contributed by atoms with Crippen LogP contribution in [0.4, 0.5) is 0 Å². The van der Waals surface area contributed by atoms with E-state index in [0.717, 1.165) is 38.8 Å². The van der Waals surface area contributed by atoms with Crippen LogP contribution in [0.25, 0.3) is 0 Å². The van der Waals surface area contributed by atoms with Crippen LogP contribution in [-0.4, -0.2) is 36.3 Å². The van der Waals surface area contributed by atoms with Crippen molar-refractivity contribution in [2.75, 3.05) is 19.6 Å². The first-order valence-electron chi connectivity index (χ1n) is 6.31. The average Bonchev–Trinajstić information content (AvgIpc) is 2.83. The molecule has 4 nitrogen and oxygen atoms in total. The molecular weight excluding hydrogens is 204 g/mol. The molecule has 2 aliphatic rings. The van der Waals surface area contributed by atoms with E-state index in [0.29, 0.717) is 6.54 Å². The number of carbonyl (C=O) groups excluding carboxylic acids is 2. The number of nitrogens with one attached hydrogen (secondary N) is 1. The highest BCUT2D eigenvalue weighted by atomic mass is 16.2. The summed E-state index contributed by atoms with van der Waals surface area (Å²) in [7, 11) is 0. The molecule has 2 unspecified atom stereocenters. The lowest BCUT2D eigenvalue weighted by Gasteiger charge is -2.15. The molecule has 1 N–H and O–H groups in total. The van der Waals surface area contributed by atoms with E-state index in [1.165, 1.54) is 4.90 Å². The topological polar surface area (TPSA) is 49.4 Å². The van der Waals surface area contributed by atoms with Gasteiger partial charge in [-0.05, 0) is 32.4 Å². The quantitative estimate of drug-likeness (QED) is 0.554. The van der Waals surface area contributed by atoms with E-state index in [1.807, 2.05) is 0 Å². The van der Waals surface area contributed by atoms with Gasteiger partial charge in [0.15, 0.2) is 0 Å². The number of likely N-dealkylation sites (tertiary alicyclic amines) is 1. The number of hydrogen-bond acceptors (Lipinski definition) is 3. The molecule has 16 heavy (non-hydrogen) atoms. The Morgan fingerprint density at radius 3 is 2.44 bits per heavy atom. The number of hydrogen-bond donors (Lipinski definition) is 1. The van der Waals surface area contributed by atoms with Crippen LogP contribution < -0.4 is 5.32 Å². The van der Waals surface area contributed by atoms with Crippen molar-refractivity contribution < 1.29 is 9.59 Å². The number of imide groups is 1. The van der Waals surface area contributed by atoms with Gasteiger partial charge >= 0.3 is 0 Å². The minimum absolute atomic E-state index is 0.0200. The Morgan fingerprint density at radius 2 is 1.88 bits per heavy atom. The summed E-state index contributed by atoms with van der Waals surface area (Å²) >= 11 is 0. The van der Waals surface area contributed by atoms with E-state index in [1.54, 1.807) is 0 Å². The molecule has 1 aliphatic heterocycles. The molecule has 4 heteroatoms. The van der Waals surface area contributed by atoms with Crippen LogP contribution >= 0.6 is 0 Å². The third-order valence-corrected chi connectivity index (χ3v) is 3.67. The van der Waals surface area contributed by atoms with Crippen molar-refractivity contribution in [1.29, 1.82) is 0 Å². The van der Waals surface area contributed by atoms with Crippen LogP contribution in [0.3, 0.4) is 0 Å². The highest BCUT2D eigenvalue weighted by molar-refractivity contribution is 6.05. The second-order valence-electron chi connectivity index (χ2n) is 4.68. The number of nitrogens with zero attached hydrogens (tertiary/aromatic N) is 1. The van der Waals surface area contributed by atoms with Crippen molar-refractivity contribution >= 4 is 11.8 Å². The Balaban J connectivity index is 1.86. The van der Waals surface area contributed by atoms with Crippen molar-refractivity contribution in [3.63, 3.8) is 0 Å². The molecule has 2 rings (SSSR count). The molecule has 1 heterocycles. The standard InChI is InChI=1S/C12H20N2O2/c1-2-13-7-4-8-14-11(15)9-5-3-6-10(9)12(14)16/h9-10,13H,2-8H2,1H3. The smallest absolute Gasteiger partial charge is 0.233 e. The number of amides is 2. The van der Waals surface area contributed by atoms with Crippen LogP contribution in [0.5, 0.6) is 0 Å². The Morgan fingerprint density at radius 1 is 1.25 bits per heavy atom. The molecule has 1 saturated carbocycles. The zero-order valence-electron chi connectivity index (χ0n) is 9.87. The summed E-state index contributed by atoms with van der Waals surface area (Å²) in [5.41, 5.74) is 0. The Hall–Kier alpha value is -0.900. The third-order valence-electron chi connectivity index (χ3n) is 3.67. The van der Waals surface area contributed by atoms with E-state index >= 15 is 0 Å². The van der Waals surface area contributed by atoms with Gasteiger partial charge in [0, 0.05) is 6.54 Å². The lowest BCUT2D eigenvalue weighted by atomic mass is 10.00. The fourth-order valence-electron chi connectivity index (χ4n) is 2.82. The molecule has 0 aromatic heterocycles. The SMILES string of the molecule is CCNCCCN1C(=O)C2CCCC2C1=O. The Kier molecular flexibility index (Phi) is 3.59. The monoisotopic (exact) mass is 224 g/mol. The molecule has 90 valence electrons. The number of carbonyl (C=O) groups is 2. The maximum absolute atomic E-state index is 11.9. The first kappa shape index (κ1) is 11.6. The largest absolute Gasteiger partial charge is 0.317 e. The van der Waals surface area contributed by atoms with Crippen molar-refractivity contribution in [3.05, 3.63) is 0 Å². The van der Waals surface area contributed by atoms with Gasteiger partial charge < -0.3 is 5.32 Å².